The van der Waals surface area contributed by atoms with E-state index in [0.717, 1.165) is 72.4 Å². The number of benzene rings is 4. The molecule has 0 aliphatic heterocycles. The van der Waals surface area contributed by atoms with E-state index in [1.807, 2.05) is 85.3 Å². The van der Waals surface area contributed by atoms with Gasteiger partial charge < -0.3 is 9.97 Å². The predicted octanol–water partition coefficient (Wildman–Crippen LogP) is 9.85. The maximum absolute atomic E-state index is 5.09. The van der Waals surface area contributed by atoms with Gasteiger partial charge in [0.05, 0.1) is 29.3 Å². The average Bonchev–Trinajstić information content (AvgIpc) is 3.13. The minimum Gasteiger partial charge on any atom is -0.305 e. The van der Waals surface area contributed by atoms with Crippen molar-refractivity contribution in [1.29, 1.82) is 0 Å². The molecule has 8 rings (SSSR count). The summed E-state index contributed by atoms with van der Waals surface area (Å²) in [6.07, 6.45) is 9.16. The molecule has 48 heavy (non-hydrogen) atoms. The number of nitrogens with zero attached hydrogens (tertiary/aromatic N) is 5. The fraction of sp³-hybridized carbons (Fsp3) is 0.0714. The van der Waals surface area contributed by atoms with E-state index in [0.29, 0.717) is 0 Å². The molecule has 0 N–H and O–H groups in total. The van der Waals surface area contributed by atoms with Gasteiger partial charge in [-0.1, -0.05) is 60.5 Å². The number of fused-ring (bicyclic) bond motifs is 3. The van der Waals surface area contributed by atoms with Crippen molar-refractivity contribution in [3.63, 3.8) is 0 Å². The van der Waals surface area contributed by atoms with Gasteiger partial charge in [-0.25, -0.2) is 4.98 Å². The molecule has 0 saturated heterocycles. The van der Waals surface area contributed by atoms with Crippen molar-refractivity contribution in [1.82, 2.24) is 24.9 Å². The third-order valence-electron chi connectivity index (χ3n) is 8.03. The Balaban J connectivity index is 0.000000260. The fourth-order valence-electron chi connectivity index (χ4n) is 5.66. The Bertz CT molecular complexity index is 2290. The smallest absolute Gasteiger partial charge is 0.0899 e. The fourth-order valence-corrected chi connectivity index (χ4v) is 5.66. The molecule has 0 saturated carbocycles. The van der Waals surface area contributed by atoms with Crippen molar-refractivity contribution < 1.29 is 20.1 Å². The van der Waals surface area contributed by atoms with E-state index in [4.69, 9.17) is 9.97 Å². The Kier molecular flexibility index (Phi) is 9.86. The minimum absolute atomic E-state index is 0. The summed E-state index contributed by atoms with van der Waals surface area (Å²) in [6, 6.07) is 41.0. The molecule has 4 aromatic heterocycles. The van der Waals surface area contributed by atoms with Gasteiger partial charge in [0.15, 0.2) is 0 Å². The van der Waals surface area contributed by atoms with Crippen LogP contribution in [0.15, 0.2) is 134 Å². The number of hydrogen-bond acceptors (Lipinski definition) is 5. The summed E-state index contributed by atoms with van der Waals surface area (Å²) in [4.78, 5) is 23.1. The zero-order valence-corrected chi connectivity index (χ0v) is 29.2. The molecule has 5 nitrogen and oxygen atoms in total. The van der Waals surface area contributed by atoms with Crippen LogP contribution in [0.3, 0.4) is 0 Å². The number of hydrogen-bond donors (Lipinski definition) is 0. The molecule has 1 radical (unpaired) electrons. The second-order valence-corrected chi connectivity index (χ2v) is 11.5. The van der Waals surface area contributed by atoms with Crippen molar-refractivity contribution in [3.05, 3.63) is 163 Å². The first-order valence-corrected chi connectivity index (χ1v) is 15.5. The van der Waals surface area contributed by atoms with Crippen LogP contribution in [0.4, 0.5) is 0 Å². The molecule has 4 aromatic carbocycles. The third-order valence-corrected chi connectivity index (χ3v) is 8.03. The summed E-state index contributed by atoms with van der Waals surface area (Å²) in [5, 5.41) is 3.49. The van der Waals surface area contributed by atoms with Gasteiger partial charge in [-0.2, -0.15) is 0 Å². The molecular formula is C42H31IrN5-2. The molecule has 0 bridgehead atoms. The van der Waals surface area contributed by atoms with Crippen LogP contribution in [0.25, 0.3) is 66.7 Å². The van der Waals surface area contributed by atoms with E-state index in [-0.39, 0.29) is 20.1 Å². The van der Waals surface area contributed by atoms with Crippen LogP contribution >= 0.6 is 0 Å². The number of rotatable bonds is 4. The SMILES string of the molecule is Cc1ccc2c(c1)c(-c1cncc(-c3cc(-c4ccccn4)[c-]cc3C)n1)cc1ncc(C)cc12.[Ir].[c-]1ccccc1-c1ccccn1. The second kappa shape index (κ2) is 14.6. The normalized spacial score (nSPS) is 10.6. The van der Waals surface area contributed by atoms with E-state index >= 15 is 0 Å². The predicted molar refractivity (Wildman–Crippen MR) is 190 cm³/mol. The van der Waals surface area contributed by atoms with Crippen molar-refractivity contribution in [2.24, 2.45) is 0 Å². The van der Waals surface area contributed by atoms with Gasteiger partial charge in [-0.15, -0.1) is 65.2 Å². The molecular weight excluding hydrogens is 767 g/mol. The molecule has 0 atom stereocenters. The summed E-state index contributed by atoms with van der Waals surface area (Å²) >= 11 is 0. The van der Waals surface area contributed by atoms with Crippen molar-refractivity contribution in [3.8, 4) is 45.0 Å². The van der Waals surface area contributed by atoms with Crippen LogP contribution in [0.2, 0.25) is 0 Å². The van der Waals surface area contributed by atoms with Gasteiger partial charge in [0.25, 0.3) is 0 Å². The number of aryl methyl sites for hydroxylation is 3. The van der Waals surface area contributed by atoms with Crippen molar-refractivity contribution in [2.75, 3.05) is 0 Å². The summed E-state index contributed by atoms with van der Waals surface area (Å²) in [6.45, 7) is 6.27. The van der Waals surface area contributed by atoms with Gasteiger partial charge >= 0.3 is 0 Å². The molecule has 4 heterocycles. The van der Waals surface area contributed by atoms with E-state index in [2.05, 4.69) is 84.3 Å². The topological polar surface area (TPSA) is 64.5 Å². The van der Waals surface area contributed by atoms with Crippen LogP contribution in [0.5, 0.6) is 0 Å². The third kappa shape index (κ3) is 6.96. The molecule has 235 valence electrons. The largest absolute Gasteiger partial charge is 0.305 e. The molecule has 8 aromatic rings. The van der Waals surface area contributed by atoms with E-state index in [1.54, 1.807) is 12.4 Å². The number of pyridine rings is 3. The Morgan fingerprint density at radius 3 is 1.94 bits per heavy atom. The molecule has 0 amide bonds. The van der Waals surface area contributed by atoms with Crippen LogP contribution in [-0.2, 0) is 20.1 Å². The standard InChI is InChI=1S/C31H23N4.C11H8N.Ir/c1-19-7-10-23-25(12-19)27(15-29-26(23)13-20(2)16-34-29)31-18-32-17-30(35-31)24-14-22(9-8-21(24)3)28-6-4-5-11-33-28;1-2-6-10(7-3-1)11-8-4-5-9-12-11;/h4-8,10-18H,1-3H3;1-6,8-9H;/q2*-1;. The Labute approximate surface area is 294 Å². The van der Waals surface area contributed by atoms with Crippen LogP contribution in [0.1, 0.15) is 16.7 Å². The van der Waals surface area contributed by atoms with Crippen LogP contribution in [-0.4, -0.2) is 24.9 Å². The second-order valence-electron chi connectivity index (χ2n) is 11.5. The first-order chi connectivity index (χ1) is 23.0. The minimum atomic E-state index is 0. The summed E-state index contributed by atoms with van der Waals surface area (Å²) in [5.74, 6) is 0. The number of aromatic nitrogens is 5. The summed E-state index contributed by atoms with van der Waals surface area (Å²) in [7, 11) is 0. The quantitative estimate of drug-likeness (QED) is 0.131. The molecule has 0 aliphatic rings. The molecule has 0 unspecified atom stereocenters. The first kappa shape index (κ1) is 32.5. The molecule has 0 fully saturated rings. The molecule has 0 spiro atoms. The Hall–Kier alpha value is -5.42. The average molecular weight is 798 g/mol. The van der Waals surface area contributed by atoms with Crippen LogP contribution < -0.4 is 0 Å². The molecule has 0 aliphatic carbocycles. The molecule has 6 heteroatoms. The monoisotopic (exact) mass is 798 g/mol. The Morgan fingerprint density at radius 1 is 0.521 bits per heavy atom. The maximum atomic E-state index is 5.09. The zero-order valence-electron chi connectivity index (χ0n) is 26.8. The van der Waals surface area contributed by atoms with Gasteiger partial charge in [-0.3, -0.25) is 9.97 Å². The van der Waals surface area contributed by atoms with Crippen molar-refractivity contribution in [2.45, 2.75) is 20.8 Å². The van der Waals surface area contributed by atoms with E-state index < -0.39 is 0 Å². The maximum Gasteiger partial charge on any atom is 0.0899 e. The summed E-state index contributed by atoms with van der Waals surface area (Å²) < 4.78 is 0. The van der Waals surface area contributed by atoms with Gasteiger partial charge in [0.2, 0.25) is 0 Å². The van der Waals surface area contributed by atoms with Gasteiger partial charge in [0, 0.05) is 49.6 Å². The summed E-state index contributed by atoms with van der Waals surface area (Å²) in [5.41, 5.74) is 11.9. The van der Waals surface area contributed by atoms with Gasteiger partial charge in [0.1, 0.15) is 0 Å². The van der Waals surface area contributed by atoms with Gasteiger partial charge in [-0.05, 0) is 65.8 Å². The Morgan fingerprint density at radius 2 is 1.23 bits per heavy atom. The first-order valence-electron chi connectivity index (χ1n) is 15.5. The zero-order chi connectivity index (χ0) is 32.2. The van der Waals surface area contributed by atoms with E-state index in [1.165, 1.54) is 10.9 Å². The van der Waals surface area contributed by atoms with Crippen LogP contribution in [0, 0.1) is 32.9 Å². The van der Waals surface area contributed by atoms with Crippen molar-refractivity contribution >= 4 is 21.7 Å². The van der Waals surface area contributed by atoms with E-state index in [9.17, 15) is 0 Å².